The lowest BCUT2D eigenvalue weighted by Crippen LogP contribution is -2.56. The number of aryl methyl sites for hydroxylation is 1. The lowest BCUT2D eigenvalue weighted by atomic mass is 9.82. The van der Waals surface area contributed by atoms with Crippen molar-refractivity contribution in [3.8, 4) is 11.1 Å². The number of aliphatic hydroxyl groups excluding tert-OH is 1. The fraction of sp³-hybridized carbons (Fsp3) is 0.263. The SMILES string of the molecule is Cc1cnn([C@H]2[C@H](O)C[C@@H]2NC(=O)c2c[nH]cc2-c2ccccc2F)c1. The number of aromatic nitrogens is 3. The van der Waals surface area contributed by atoms with E-state index in [1.165, 1.54) is 6.07 Å². The van der Waals surface area contributed by atoms with E-state index >= 15 is 0 Å². The summed E-state index contributed by atoms with van der Waals surface area (Å²) in [6.07, 6.45) is 6.61. The standard InChI is InChI=1S/C19H19FN4O2/c1-11-7-22-24(10-11)18-16(6-17(18)25)23-19(26)14-9-21-8-13(14)12-4-2-3-5-15(12)20/h2-5,7-10,16-18,21,25H,6H2,1H3,(H,23,26)/t16-,17+,18+/m0/s1. The van der Waals surface area contributed by atoms with Crippen molar-refractivity contribution < 1.29 is 14.3 Å². The number of hydrogen-bond acceptors (Lipinski definition) is 3. The van der Waals surface area contributed by atoms with Gasteiger partial charge < -0.3 is 15.4 Å². The zero-order valence-corrected chi connectivity index (χ0v) is 14.2. The number of rotatable bonds is 4. The molecule has 1 aliphatic rings. The molecule has 26 heavy (non-hydrogen) atoms. The van der Waals surface area contributed by atoms with Crippen LogP contribution in [0.2, 0.25) is 0 Å². The summed E-state index contributed by atoms with van der Waals surface area (Å²) in [4.78, 5) is 15.6. The van der Waals surface area contributed by atoms with Crippen LogP contribution in [-0.4, -0.2) is 37.9 Å². The first-order valence-electron chi connectivity index (χ1n) is 8.46. The van der Waals surface area contributed by atoms with E-state index in [2.05, 4.69) is 15.4 Å². The summed E-state index contributed by atoms with van der Waals surface area (Å²) in [5.41, 5.74) is 2.23. The molecule has 1 saturated carbocycles. The Morgan fingerprint density at radius 3 is 2.85 bits per heavy atom. The molecule has 6 nitrogen and oxygen atoms in total. The Bertz CT molecular complexity index is 948. The summed E-state index contributed by atoms with van der Waals surface area (Å²) in [5.74, 6) is -0.694. The van der Waals surface area contributed by atoms with E-state index < -0.39 is 6.10 Å². The van der Waals surface area contributed by atoms with Crippen molar-refractivity contribution in [2.45, 2.75) is 31.5 Å². The van der Waals surface area contributed by atoms with Gasteiger partial charge in [0.1, 0.15) is 5.82 Å². The summed E-state index contributed by atoms with van der Waals surface area (Å²) in [6.45, 7) is 1.92. The number of aliphatic hydroxyl groups is 1. The van der Waals surface area contributed by atoms with Crippen molar-refractivity contribution in [3.05, 3.63) is 66.0 Å². The largest absolute Gasteiger partial charge is 0.391 e. The maximum Gasteiger partial charge on any atom is 0.253 e. The summed E-state index contributed by atoms with van der Waals surface area (Å²) in [5, 5.41) is 17.3. The maximum absolute atomic E-state index is 14.1. The first kappa shape index (κ1) is 16.5. The average Bonchev–Trinajstić information content (AvgIpc) is 3.24. The number of carbonyl (C=O) groups excluding carboxylic acids is 1. The van der Waals surface area contributed by atoms with Crippen LogP contribution in [0.25, 0.3) is 11.1 Å². The monoisotopic (exact) mass is 354 g/mol. The molecular weight excluding hydrogens is 335 g/mol. The van der Waals surface area contributed by atoms with E-state index in [1.807, 2.05) is 13.1 Å². The minimum absolute atomic E-state index is 0.236. The van der Waals surface area contributed by atoms with Gasteiger partial charge in [0.05, 0.1) is 29.9 Å². The van der Waals surface area contributed by atoms with Crippen LogP contribution in [0.4, 0.5) is 4.39 Å². The first-order valence-corrected chi connectivity index (χ1v) is 8.46. The van der Waals surface area contributed by atoms with Crippen molar-refractivity contribution in [2.75, 3.05) is 0 Å². The molecule has 3 atom stereocenters. The normalized spacial score (nSPS) is 22.0. The Kier molecular flexibility index (Phi) is 4.08. The molecule has 0 aliphatic heterocycles. The highest BCUT2D eigenvalue weighted by atomic mass is 19.1. The van der Waals surface area contributed by atoms with Crippen LogP contribution in [0, 0.1) is 12.7 Å². The van der Waals surface area contributed by atoms with E-state index in [0.717, 1.165) is 5.56 Å². The molecule has 4 rings (SSSR count). The highest BCUT2D eigenvalue weighted by Crippen LogP contribution is 2.33. The molecule has 3 aromatic rings. The van der Waals surface area contributed by atoms with Crippen LogP contribution in [0.5, 0.6) is 0 Å². The minimum Gasteiger partial charge on any atom is -0.391 e. The number of H-pyrrole nitrogens is 1. The number of amides is 1. The molecule has 0 bridgehead atoms. The number of nitrogens with one attached hydrogen (secondary N) is 2. The van der Waals surface area contributed by atoms with Gasteiger partial charge in [0.25, 0.3) is 5.91 Å². The molecule has 0 spiro atoms. The third-order valence-corrected chi connectivity index (χ3v) is 4.81. The van der Waals surface area contributed by atoms with Gasteiger partial charge in [-0.25, -0.2) is 4.39 Å². The van der Waals surface area contributed by atoms with Crippen LogP contribution >= 0.6 is 0 Å². The fourth-order valence-electron chi connectivity index (χ4n) is 3.41. The molecule has 2 aromatic heterocycles. The third-order valence-electron chi connectivity index (χ3n) is 4.81. The fourth-order valence-corrected chi connectivity index (χ4v) is 3.41. The summed E-state index contributed by atoms with van der Waals surface area (Å²) < 4.78 is 15.8. The van der Waals surface area contributed by atoms with Crippen LogP contribution in [0.15, 0.2) is 49.1 Å². The lowest BCUT2D eigenvalue weighted by Gasteiger charge is -2.41. The molecule has 0 unspecified atom stereocenters. The Morgan fingerprint density at radius 1 is 1.35 bits per heavy atom. The zero-order chi connectivity index (χ0) is 18.3. The second kappa shape index (κ2) is 6.42. The summed E-state index contributed by atoms with van der Waals surface area (Å²) in [6, 6.07) is 5.80. The van der Waals surface area contributed by atoms with Crippen LogP contribution in [-0.2, 0) is 0 Å². The van der Waals surface area contributed by atoms with Gasteiger partial charge in [-0.15, -0.1) is 0 Å². The molecule has 0 radical (unpaired) electrons. The molecule has 1 fully saturated rings. The second-order valence-corrected chi connectivity index (χ2v) is 6.63. The number of hydrogen-bond donors (Lipinski definition) is 3. The van der Waals surface area contributed by atoms with Gasteiger partial charge in [-0.1, -0.05) is 18.2 Å². The number of halogens is 1. The number of carbonyl (C=O) groups is 1. The quantitative estimate of drug-likeness (QED) is 0.673. The van der Waals surface area contributed by atoms with Crippen molar-refractivity contribution >= 4 is 5.91 Å². The second-order valence-electron chi connectivity index (χ2n) is 6.63. The van der Waals surface area contributed by atoms with Crippen molar-refractivity contribution in [3.63, 3.8) is 0 Å². The maximum atomic E-state index is 14.1. The van der Waals surface area contributed by atoms with Gasteiger partial charge in [-0.05, 0) is 25.0 Å². The molecule has 3 N–H and O–H groups in total. The van der Waals surface area contributed by atoms with E-state index in [1.54, 1.807) is 41.5 Å². The summed E-state index contributed by atoms with van der Waals surface area (Å²) in [7, 11) is 0. The molecule has 1 amide bonds. The van der Waals surface area contributed by atoms with Gasteiger partial charge >= 0.3 is 0 Å². The number of aromatic amines is 1. The van der Waals surface area contributed by atoms with Crippen molar-refractivity contribution in [1.82, 2.24) is 20.1 Å². The molecule has 7 heteroatoms. The highest BCUT2D eigenvalue weighted by Gasteiger charge is 2.43. The minimum atomic E-state index is -0.558. The van der Waals surface area contributed by atoms with E-state index in [4.69, 9.17) is 0 Å². The van der Waals surface area contributed by atoms with E-state index in [9.17, 15) is 14.3 Å². The van der Waals surface area contributed by atoms with Crippen LogP contribution in [0.1, 0.15) is 28.4 Å². The molecule has 1 aliphatic carbocycles. The molecular formula is C19H19FN4O2. The van der Waals surface area contributed by atoms with E-state index in [-0.39, 0.29) is 23.8 Å². The summed E-state index contributed by atoms with van der Waals surface area (Å²) >= 11 is 0. The van der Waals surface area contributed by atoms with Crippen molar-refractivity contribution in [1.29, 1.82) is 0 Å². The Balaban J connectivity index is 1.55. The third kappa shape index (κ3) is 2.80. The number of benzene rings is 1. The van der Waals surface area contributed by atoms with Gasteiger partial charge in [0.15, 0.2) is 0 Å². The molecule has 134 valence electrons. The van der Waals surface area contributed by atoms with Crippen LogP contribution < -0.4 is 5.32 Å². The number of nitrogens with zero attached hydrogens (tertiary/aromatic N) is 2. The Hall–Kier alpha value is -2.93. The zero-order valence-electron chi connectivity index (χ0n) is 14.2. The van der Waals surface area contributed by atoms with E-state index in [0.29, 0.717) is 23.1 Å². The topological polar surface area (TPSA) is 82.9 Å². The molecule has 2 heterocycles. The Morgan fingerprint density at radius 2 is 2.15 bits per heavy atom. The Labute approximate surface area is 149 Å². The predicted octanol–water partition coefficient (Wildman–Crippen LogP) is 2.43. The van der Waals surface area contributed by atoms with Gasteiger partial charge in [0, 0.05) is 29.7 Å². The molecule has 1 aromatic carbocycles. The molecule has 0 saturated heterocycles. The average molecular weight is 354 g/mol. The van der Waals surface area contributed by atoms with Gasteiger partial charge in [-0.3, -0.25) is 9.48 Å². The first-order chi connectivity index (χ1) is 12.5. The smallest absolute Gasteiger partial charge is 0.253 e. The van der Waals surface area contributed by atoms with Gasteiger partial charge in [-0.2, -0.15) is 5.10 Å². The van der Waals surface area contributed by atoms with Crippen molar-refractivity contribution in [2.24, 2.45) is 0 Å². The van der Waals surface area contributed by atoms with Gasteiger partial charge in [0.2, 0.25) is 0 Å². The highest BCUT2D eigenvalue weighted by molar-refractivity contribution is 6.01. The van der Waals surface area contributed by atoms with Crippen LogP contribution in [0.3, 0.4) is 0 Å². The lowest BCUT2D eigenvalue weighted by molar-refractivity contribution is -0.00588. The predicted molar refractivity (Wildman–Crippen MR) is 94.1 cm³/mol.